The number of rotatable bonds is 4. The second-order valence-corrected chi connectivity index (χ2v) is 5.69. The van der Waals surface area contributed by atoms with Gasteiger partial charge in [-0.1, -0.05) is 56.4 Å². The SMILES string of the molecule is CC=CC(=CC(C)C)n1c(C)c(C=CC)c2ccccc21. The third-order valence-corrected chi connectivity index (χ3v) is 3.59. The summed E-state index contributed by atoms with van der Waals surface area (Å²) in [6.45, 7) is 10.8. The van der Waals surface area contributed by atoms with Gasteiger partial charge in [0.1, 0.15) is 0 Å². The Morgan fingerprint density at radius 2 is 1.81 bits per heavy atom. The maximum absolute atomic E-state index is 2.37. The standard InChI is InChI=1S/C20H25N/c1-6-10-17(14-15(3)4)21-16(5)18(11-7-2)19-12-8-9-13-20(19)21/h6-15H,1-5H3. The Balaban J connectivity index is 2.82. The van der Waals surface area contributed by atoms with Gasteiger partial charge in [0.25, 0.3) is 0 Å². The molecule has 0 N–H and O–H groups in total. The zero-order valence-electron chi connectivity index (χ0n) is 13.7. The molecular weight excluding hydrogens is 254 g/mol. The molecule has 0 amide bonds. The highest BCUT2D eigenvalue weighted by molar-refractivity contribution is 5.94. The third kappa shape index (κ3) is 3.02. The lowest BCUT2D eigenvalue weighted by Gasteiger charge is -2.11. The first-order valence-electron chi connectivity index (χ1n) is 7.67. The van der Waals surface area contributed by atoms with Crippen LogP contribution in [0.4, 0.5) is 0 Å². The molecule has 0 aliphatic carbocycles. The number of allylic oxidation sites excluding steroid dienone is 5. The van der Waals surface area contributed by atoms with E-state index < -0.39 is 0 Å². The molecule has 0 fully saturated rings. The number of para-hydroxylation sites is 1. The van der Waals surface area contributed by atoms with Crippen molar-refractivity contribution in [2.75, 3.05) is 0 Å². The van der Waals surface area contributed by atoms with Gasteiger partial charge in [-0.2, -0.15) is 0 Å². The molecular formula is C20H25N. The Morgan fingerprint density at radius 1 is 1.10 bits per heavy atom. The molecule has 1 heterocycles. The molecule has 0 radical (unpaired) electrons. The number of benzene rings is 1. The van der Waals surface area contributed by atoms with Gasteiger partial charge in [0.15, 0.2) is 0 Å². The van der Waals surface area contributed by atoms with E-state index in [2.05, 4.69) is 93.8 Å². The Hall–Kier alpha value is -2.02. The third-order valence-electron chi connectivity index (χ3n) is 3.59. The molecule has 2 aromatic rings. The zero-order valence-corrected chi connectivity index (χ0v) is 13.7. The van der Waals surface area contributed by atoms with Crippen molar-refractivity contribution >= 4 is 22.7 Å². The fourth-order valence-corrected chi connectivity index (χ4v) is 2.82. The van der Waals surface area contributed by atoms with Crippen LogP contribution in [0.5, 0.6) is 0 Å². The molecule has 110 valence electrons. The van der Waals surface area contributed by atoms with Crippen LogP contribution in [-0.2, 0) is 0 Å². The van der Waals surface area contributed by atoms with Crippen LogP contribution in [0, 0.1) is 12.8 Å². The Bertz CT molecular complexity index is 709. The summed E-state index contributed by atoms with van der Waals surface area (Å²) >= 11 is 0. The Morgan fingerprint density at radius 3 is 2.43 bits per heavy atom. The normalized spacial score (nSPS) is 13.3. The van der Waals surface area contributed by atoms with Crippen LogP contribution >= 0.6 is 0 Å². The van der Waals surface area contributed by atoms with E-state index in [1.807, 2.05) is 0 Å². The lowest BCUT2D eigenvalue weighted by Crippen LogP contribution is -1.99. The summed E-state index contributed by atoms with van der Waals surface area (Å²) in [7, 11) is 0. The van der Waals surface area contributed by atoms with Crippen LogP contribution in [0.1, 0.15) is 39.0 Å². The molecule has 0 spiro atoms. The summed E-state index contributed by atoms with van der Waals surface area (Å²) in [6, 6.07) is 8.63. The van der Waals surface area contributed by atoms with Gasteiger partial charge in [-0.05, 0) is 38.8 Å². The minimum absolute atomic E-state index is 0.516. The first-order valence-corrected chi connectivity index (χ1v) is 7.67. The van der Waals surface area contributed by atoms with Gasteiger partial charge in [0, 0.05) is 22.3 Å². The van der Waals surface area contributed by atoms with E-state index in [1.165, 1.54) is 27.9 Å². The highest BCUT2D eigenvalue weighted by atomic mass is 15.0. The van der Waals surface area contributed by atoms with Gasteiger partial charge in [0.2, 0.25) is 0 Å². The highest BCUT2D eigenvalue weighted by Gasteiger charge is 2.13. The zero-order chi connectivity index (χ0) is 15.4. The number of hydrogen-bond acceptors (Lipinski definition) is 0. The summed E-state index contributed by atoms with van der Waals surface area (Å²) in [4.78, 5) is 0. The topological polar surface area (TPSA) is 4.93 Å². The van der Waals surface area contributed by atoms with Crippen molar-refractivity contribution < 1.29 is 0 Å². The minimum atomic E-state index is 0.516. The van der Waals surface area contributed by atoms with Gasteiger partial charge in [-0.25, -0.2) is 0 Å². The van der Waals surface area contributed by atoms with Crippen LogP contribution in [0.15, 0.2) is 48.6 Å². The Kier molecular flexibility index (Phi) is 4.85. The maximum Gasteiger partial charge on any atom is 0.0537 e. The molecule has 1 nitrogen and oxygen atoms in total. The molecule has 0 unspecified atom stereocenters. The summed E-state index contributed by atoms with van der Waals surface area (Å²) < 4.78 is 2.37. The summed E-state index contributed by atoms with van der Waals surface area (Å²) in [5.41, 5.74) is 5.12. The highest BCUT2D eigenvalue weighted by Crippen LogP contribution is 2.30. The molecule has 1 heteroatoms. The second kappa shape index (κ2) is 6.62. The molecule has 2 rings (SSSR count). The summed E-state index contributed by atoms with van der Waals surface area (Å²) in [6.07, 6.45) is 10.9. The predicted octanol–water partition coefficient (Wildman–Crippen LogP) is 6.06. The first kappa shape index (κ1) is 15.4. The van der Waals surface area contributed by atoms with Crippen LogP contribution in [0.3, 0.4) is 0 Å². The lowest BCUT2D eigenvalue weighted by molar-refractivity contribution is 0.827. The number of fused-ring (bicyclic) bond motifs is 1. The van der Waals surface area contributed by atoms with E-state index in [9.17, 15) is 0 Å². The molecule has 0 saturated heterocycles. The van der Waals surface area contributed by atoms with Gasteiger partial charge >= 0.3 is 0 Å². The fraction of sp³-hybridized carbons (Fsp3) is 0.300. The largest absolute Gasteiger partial charge is 0.314 e. The Labute approximate surface area is 128 Å². The van der Waals surface area contributed by atoms with E-state index in [-0.39, 0.29) is 0 Å². The molecule has 0 aliphatic heterocycles. The van der Waals surface area contributed by atoms with Crippen molar-refractivity contribution in [3.05, 3.63) is 59.8 Å². The minimum Gasteiger partial charge on any atom is -0.314 e. The van der Waals surface area contributed by atoms with Crippen molar-refractivity contribution in [3.8, 4) is 0 Å². The van der Waals surface area contributed by atoms with Crippen molar-refractivity contribution in [3.63, 3.8) is 0 Å². The number of nitrogens with zero attached hydrogens (tertiary/aromatic N) is 1. The molecule has 1 aromatic carbocycles. The average Bonchev–Trinajstić information content (AvgIpc) is 2.71. The van der Waals surface area contributed by atoms with Crippen LogP contribution < -0.4 is 0 Å². The maximum atomic E-state index is 2.37. The molecule has 0 aliphatic rings. The summed E-state index contributed by atoms with van der Waals surface area (Å²) in [5.74, 6) is 0.516. The van der Waals surface area contributed by atoms with Crippen LogP contribution in [0.2, 0.25) is 0 Å². The van der Waals surface area contributed by atoms with Crippen molar-refractivity contribution in [1.29, 1.82) is 0 Å². The van der Waals surface area contributed by atoms with E-state index in [1.54, 1.807) is 0 Å². The summed E-state index contributed by atoms with van der Waals surface area (Å²) in [5, 5.41) is 1.31. The first-order chi connectivity index (χ1) is 10.1. The molecule has 0 saturated carbocycles. The van der Waals surface area contributed by atoms with E-state index in [0.717, 1.165) is 0 Å². The van der Waals surface area contributed by atoms with E-state index >= 15 is 0 Å². The molecule has 0 bridgehead atoms. The number of hydrogen-bond donors (Lipinski definition) is 0. The van der Waals surface area contributed by atoms with Crippen molar-refractivity contribution in [1.82, 2.24) is 4.57 Å². The van der Waals surface area contributed by atoms with Gasteiger partial charge in [-0.15, -0.1) is 0 Å². The fourth-order valence-electron chi connectivity index (χ4n) is 2.82. The van der Waals surface area contributed by atoms with Crippen molar-refractivity contribution in [2.45, 2.75) is 34.6 Å². The smallest absolute Gasteiger partial charge is 0.0537 e. The predicted molar refractivity (Wildman–Crippen MR) is 95.3 cm³/mol. The molecule has 1 aromatic heterocycles. The lowest BCUT2D eigenvalue weighted by atomic mass is 10.1. The van der Waals surface area contributed by atoms with E-state index in [4.69, 9.17) is 0 Å². The quantitative estimate of drug-likeness (QED) is 0.600. The van der Waals surface area contributed by atoms with Crippen LogP contribution in [0.25, 0.3) is 22.7 Å². The van der Waals surface area contributed by atoms with Gasteiger partial charge in [-0.3, -0.25) is 0 Å². The van der Waals surface area contributed by atoms with Crippen molar-refractivity contribution in [2.24, 2.45) is 5.92 Å². The number of aromatic nitrogens is 1. The molecule has 0 atom stereocenters. The van der Waals surface area contributed by atoms with Gasteiger partial charge < -0.3 is 4.57 Å². The van der Waals surface area contributed by atoms with Crippen LogP contribution in [-0.4, -0.2) is 4.57 Å². The second-order valence-electron chi connectivity index (χ2n) is 5.69. The monoisotopic (exact) mass is 279 g/mol. The van der Waals surface area contributed by atoms with E-state index in [0.29, 0.717) is 5.92 Å². The van der Waals surface area contributed by atoms with Gasteiger partial charge in [0.05, 0.1) is 5.52 Å². The average molecular weight is 279 g/mol. The molecule has 21 heavy (non-hydrogen) atoms.